The first kappa shape index (κ1) is 17.1. The van der Waals surface area contributed by atoms with Crippen molar-refractivity contribution in [3.8, 4) is 11.5 Å². The van der Waals surface area contributed by atoms with E-state index in [1.165, 1.54) is 0 Å². The van der Waals surface area contributed by atoms with Gasteiger partial charge in [0.05, 0.1) is 6.61 Å². The van der Waals surface area contributed by atoms with Crippen LogP contribution in [0.1, 0.15) is 32.8 Å². The summed E-state index contributed by atoms with van der Waals surface area (Å²) in [7, 11) is 0. The van der Waals surface area contributed by atoms with Gasteiger partial charge in [-0.3, -0.25) is 0 Å². The highest BCUT2D eigenvalue weighted by Gasteiger charge is 2.07. The van der Waals surface area contributed by atoms with E-state index in [1.54, 1.807) is 0 Å². The second kappa shape index (κ2) is 9.03. The third-order valence-electron chi connectivity index (χ3n) is 2.60. The van der Waals surface area contributed by atoms with Crippen molar-refractivity contribution in [1.29, 1.82) is 0 Å². The van der Waals surface area contributed by atoms with Gasteiger partial charge in [-0.25, -0.2) is 0 Å². The lowest BCUT2D eigenvalue weighted by molar-refractivity contribution is 0.310. The summed E-state index contributed by atoms with van der Waals surface area (Å²) in [6.07, 6.45) is 0.991. The first-order valence-corrected chi connectivity index (χ1v) is 7.77. The van der Waals surface area contributed by atoms with Gasteiger partial charge < -0.3 is 14.8 Å². The average Bonchev–Trinajstić information content (AvgIpc) is 2.41. The van der Waals surface area contributed by atoms with Crippen molar-refractivity contribution in [2.75, 3.05) is 13.2 Å². The third kappa shape index (κ3) is 6.44. The largest absolute Gasteiger partial charge is 0.493 e. The summed E-state index contributed by atoms with van der Waals surface area (Å²) in [4.78, 5) is 0. The number of ether oxygens (including phenoxy) is 2. The van der Waals surface area contributed by atoms with Crippen molar-refractivity contribution in [2.45, 2.75) is 39.8 Å². The molecule has 0 aliphatic rings. The Hall–Kier alpha value is -1.00. The molecule has 4 heteroatoms. The maximum atomic E-state index is 5.79. The van der Waals surface area contributed by atoms with Crippen LogP contribution < -0.4 is 14.8 Å². The molecule has 20 heavy (non-hydrogen) atoms. The molecule has 0 spiro atoms. The molecule has 0 aliphatic heterocycles. The fourth-order valence-corrected chi connectivity index (χ4v) is 1.71. The quantitative estimate of drug-likeness (QED) is 0.727. The van der Waals surface area contributed by atoms with E-state index in [4.69, 9.17) is 9.47 Å². The molecule has 0 atom stereocenters. The summed E-state index contributed by atoms with van der Waals surface area (Å²) in [6, 6.07) is 6.42. The molecule has 0 heterocycles. The third-order valence-corrected chi connectivity index (χ3v) is 2.83. The van der Waals surface area contributed by atoms with Crippen LogP contribution in [0.3, 0.4) is 0 Å². The maximum absolute atomic E-state index is 5.79. The Kier molecular flexibility index (Phi) is 7.70. The minimum Gasteiger partial charge on any atom is -0.493 e. The van der Waals surface area contributed by atoms with Crippen molar-refractivity contribution in [3.05, 3.63) is 34.8 Å². The SMILES string of the molecule is C=C(Br)COc1cc(OCCC)ccc1CNC(C)C. The highest BCUT2D eigenvalue weighted by molar-refractivity contribution is 9.11. The number of benzene rings is 1. The summed E-state index contributed by atoms with van der Waals surface area (Å²) < 4.78 is 12.3. The zero-order valence-corrected chi connectivity index (χ0v) is 14.1. The predicted octanol–water partition coefficient (Wildman–Crippen LogP) is 4.26. The molecular weight excluding hydrogens is 318 g/mol. The second-order valence-electron chi connectivity index (χ2n) is 4.96. The van der Waals surface area contributed by atoms with Crippen LogP contribution in [0.5, 0.6) is 11.5 Å². The zero-order chi connectivity index (χ0) is 15.0. The van der Waals surface area contributed by atoms with Gasteiger partial charge in [-0.2, -0.15) is 0 Å². The number of hydrogen-bond acceptors (Lipinski definition) is 3. The highest BCUT2D eigenvalue weighted by Crippen LogP contribution is 2.26. The van der Waals surface area contributed by atoms with Crippen LogP contribution in [-0.2, 0) is 6.54 Å². The minimum absolute atomic E-state index is 0.435. The van der Waals surface area contributed by atoms with Gasteiger partial charge in [-0.1, -0.05) is 49.3 Å². The molecular formula is C16H24BrNO2. The molecule has 0 saturated carbocycles. The van der Waals surface area contributed by atoms with E-state index in [2.05, 4.69) is 48.6 Å². The number of nitrogens with one attached hydrogen (secondary N) is 1. The van der Waals surface area contributed by atoms with E-state index in [0.717, 1.165) is 34.5 Å². The molecule has 0 amide bonds. The molecule has 0 saturated heterocycles. The van der Waals surface area contributed by atoms with Crippen molar-refractivity contribution in [3.63, 3.8) is 0 Å². The van der Waals surface area contributed by atoms with E-state index in [1.807, 2.05) is 18.2 Å². The lowest BCUT2D eigenvalue weighted by Crippen LogP contribution is -2.22. The predicted molar refractivity (Wildman–Crippen MR) is 87.8 cm³/mol. The van der Waals surface area contributed by atoms with E-state index >= 15 is 0 Å². The van der Waals surface area contributed by atoms with Crippen LogP contribution in [-0.4, -0.2) is 19.3 Å². The Bertz CT molecular complexity index is 432. The summed E-state index contributed by atoms with van der Waals surface area (Å²) in [5.74, 6) is 1.68. The molecule has 0 unspecified atom stereocenters. The van der Waals surface area contributed by atoms with Gasteiger partial charge >= 0.3 is 0 Å². The van der Waals surface area contributed by atoms with Crippen LogP contribution in [0.15, 0.2) is 29.3 Å². The Morgan fingerprint density at radius 1 is 1.35 bits per heavy atom. The first-order chi connectivity index (χ1) is 9.52. The summed E-state index contributed by atoms with van der Waals surface area (Å²) in [6.45, 7) is 12.1. The van der Waals surface area contributed by atoms with Crippen molar-refractivity contribution in [2.24, 2.45) is 0 Å². The van der Waals surface area contributed by atoms with Crippen molar-refractivity contribution in [1.82, 2.24) is 5.32 Å². The number of rotatable bonds is 9. The van der Waals surface area contributed by atoms with Gasteiger partial charge in [0.2, 0.25) is 0 Å². The molecule has 0 radical (unpaired) electrons. The summed E-state index contributed by atoms with van der Waals surface area (Å²) in [5.41, 5.74) is 1.12. The van der Waals surface area contributed by atoms with Gasteiger partial charge in [0.15, 0.2) is 0 Å². The van der Waals surface area contributed by atoms with Gasteiger partial charge in [0.25, 0.3) is 0 Å². The lowest BCUT2D eigenvalue weighted by atomic mass is 10.2. The van der Waals surface area contributed by atoms with Crippen molar-refractivity contribution >= 4 is 15.9 Å². The van der Waals surface area contributed by atoms with E-state index < -0.39 is 0 Å². The van der Waals surface area contributed by atoms with Crippen LogP contribution in [0.2, 0.25) is 0 Å². The van der Waals surface area contributed by atoms with Crippen molar-refractivity contribution < 1.29 is 9.47 Å². The normalized spacial score (nSPS) is 10.7. The Labute approximate surface area is 130 Å². The fraction of sp³-hybridized carbons (Fsp3) is 0.500. The Morgan fingerprint density at radius 3 is 2.70 bits per heavy atom. The summed E-state index contributed by atoms with van der Waals surface area (Å²) in [5, 5.41) is 3.40. The standard InChI is InChI=1S/C16H24BrNO2/c1-5-8-19-15-7-6-14(10-18-12(2)3)16(9-15)20-11-13(4)17/h6-7,9,12,18H,4-5,8,10-11H2,1-3H3. The highest BCUT2D eigenvalue weighted by atomic mass is 79.9. The van der Waals surface area contributed by atoms with Crippen LogP contribution >= 0.6 is 15.9 Å². The smallest absolute Gasteiger partial charge is 0.128 e. The van der Waals surface area contributed by atoms with Crippen LogP contribution in [0.25, 0.3) is 0 Å². The van der Waals surface area contributed by atoms with Crippen LogP contribution in [0.4, 0.5) is 0 Å². The maximum Gasteiger partial charge on any atom is 0.128 e. The van der Waals surface area contributed by atoms with Gasteiger partial charge in [-0.15, -0.1) is 0 Å². The van der Waals surface area contributed by atoms with Gasteiger partial charge in [0.1, 0.15) is 18.1 Å². The Morgan fingerprint density at radius 2 is 2.10 bits per heavy atom. The molecule has 112 valence electrons. The fourth-order valence-electron chi connectivity index (χ4n) is 1.60. The second-order valence-corrected chi connectivity index (χ2v) is 6.08. The van der Waals surface area contributed by atoms with Gasteiger partial charge in [0, 0.05) is 28.7 Å². The summed E-state index contributed by atoms with van der Waals surface area (Å²) >= 11 is 3.31. The van der Waals surface area contributed by atoms with Crippen LogP contribution in [0, 0.1) is 0 Å². The lowest BCUT2D eigenvalue weighted by Gasteiger charge is -2.15. The molecule has 0 fully saturated rings. The van der Waals surface area contributed by atoms with E-state index in [9.17, 15) is 0 Å². The number of halogens is 1. The van der Waals surface area contributed by atoms with E-state index in [0.29, 0.717) is 19.3 Å². The topological polar surface area (TPSA) is 30.5 Å². The zero-order valence-electron chi connectivity index (χ0n) is 12.5. The minimum atomic E-state index is 0.435. The molecule has 1 aromatic rings. The van der Waals surface area contributed by atoms with E-state index in [-0.39, 0.29) is 0 Å². The number of hydrogen-bond donors (Lipinski definition) is 1. The first-order valence-electron chi connectivity index (χ1n) is 6.98. The molecule has 1 N–H and O–H groups in total. The average molecular weight is 342 g/mol. The molecule has 1 rings (SSSR count). The monoisotopic (exact) mass is 341 g/mol. The molecule has 0 aliphatic carbocycles. The molecule has 3 nitrogen and oxygen atoms in total. The molecule has 0 aromatic heterocycles. The Balaban J connectivity index is 2.81. The van der Waals surface area contributed by atoms with Gasteiger partial charge in [-0.05, 0) is 12.5 Å². The molecule has 1 aromatic carbocycles. The molecule has 0 bridgehead atoms.